The molecule has 2 aromatic heterocycles. The quantitative estimate of drug-likeness (QED) is 0.133. The number of aliphatic carboxylic acids is 2. The van der Waals surface area contributed by atoms with Gasteiger partial charge in [0.1, 0.15) is 12.1 Å². The van der Waals surface area contributed by atoms with Crippen LogP contribution in [0.5, 0.6) is 0 Å². The maximum atomic E-state index is 14.0. The van der Waals surface area contributed by atoms with Crippen molar-refractivity contribution in [2.45, 2.75) is 77.5 Å². The van der Waals surface area contributed by atoms with Gasteiger partial charge in [-0.25, -0.2) is 9.97 Å². The van der Waals surface area contributed by atoms with Crippen LogP contribution in [0.2, 0.25) is 0 Å². The molecule has 0 aliphatic carbocycles. The summed E-state index contributed by atoms with van der Waals surface area (Å²) in [5.41, 5.74) is 7.29. The van der Waals surface area contributed by atoms with Crippen LogP contribution >= 0.6 is 49.7 Å². The summed E-state index contributed by atoms with van der Waals surface area (Å²) < 4.78 is 10.9. The van der Waals surface area contributed by atoms with Gasteiger partial charge < -0.3 is 29.5 Å². The number of aromatic nitrogens is 2. The Morgan fingerprint density at radius 1 is 0.683 bits per heavy atom. The summed E-state index contributed by atoms with van der Waals surface area (Å²) in [4.78, 5) is 66.8. The number of amides is 2. The average molecular weight is 897 g/mol. The molecule has 4 N–H and O–H groups in total. The lowest BCUT2D eigenvalue weighted by Gasteiger charge is -2.28. The summed E-state index contributed by atoms with van der Waals surface area (Å²) in [5, 5.41) is 27.0. The van der Waals surface area contributed by atoms with Gasteiger partial charge in [0, 0.05) is 73.7 Å². The first kappa shape index (κ1) is 45.6. The molecule has 4 aliphatic heterocycles. The fourth-order valence-corrected chi connectivity index (χ4v) is 10.7. The number of nitrogens with zero attached hydrogens (tertiary/aromatic N) is 4. The maximum absolute atomic E-state index is 14.0. The van der Waals surface area contributed by atoms with Gasteiger partial charge >= 0.3 is 11.9 Å². The lowest BCUT2D eigenvalue weighted by molar-refractivity contribution is -0.143. The molecule has 0 saturated carbocycles. The number of rotatable bonds is 13. The third-order valence-electron chi connectivity index (χ3n) is 12.0. The Bertz CT molecular complexity index is 2070. The van der Waals surface area contributed by atoms with Gasteiger partial charge in [0.2, 0.25) is 0 Å². The normalized spacial score (nSPS) is 17.6. The SMILES string of the molecule is Cc1nc(C(=O)N2CCc3c(-c4cccc5c4CCN5C(=O)c4nc(C)c(CN[C@H](C(=O)O)C5CCOCC5)s4)cccc32)sc1CN[C@H](C(=O)O)C1CCOCC1.S.S. The van der Waals surface area contributed by atoms with Gasteiger partial charge in [-0.05, 0) is 98.6 Å². The van der Waals surface area contributed by atoms with E-state index in [-0.39, 0.29) is 50.6 Å². The zero-order valence-electron chi connectivity index (χ0n) is 33.6. The molecule has 2 aromatic carbocycles. The monoisotopic (exact) mass is 896 g/mol. The van der Waals surface area contributed by atoms with E-state index in [0.29, 0.717) is 113 Å². The number of aryl methyl sites for hydroxylation is 2. The number of nitrogens with one attached hydrogen (secondary N) is 2. The third kappa shape index (κ3) is 9.30. The number of carboxylic acid groups (broad SMARTS) is 2. The number of carbonyl (C=O) groups is 4. The van der Waals surface area contributed by atoms with Crippen molar-refractivity contribution in [1.82, 2.24) is 20.6 Å². The first-order chi connectivity index (χ1) is 28.1. The Hall–Kier alpha value is -3.88. The van der Waals surface area contributed by atoms with Gasteiger partial charge in [-0.1, -0.05) is 24.3 Å². The van der Waals surface area contributed by atoms with Crippen LogP contribution < -0.4 is 20.4 Å². The van der Waals surface area contributed by atoms with Crippen LogP contribution in [0.15, 0.2) is 36.4 Å². The van der Waals surface area contributed by atoms with Crippen LogP contribution in [0.25, 0.3) is 11.1 Å². The predicted octanol–water partition coefficient (Wildman–Crippen LogP) is 5.45. The van der Waals surface area contributed by atoms with E-state index in [1.807, 2.05) is 38.1 Å². The number of anilines is 2. The van der Waals surface area contributed by atoms with Crippen molar-refractivity contribution in [3.63, 3.8) is 0 Å². The van der Waals surface area contributed by atoms with Crippen molar-refractivity contribution in [3.8, 4) is 11.1 Å². The van der Waals surface area contributed by atoms with Gasteiger partial charge in [-0.15, -0.1) is 22.7 Å². The molecule has 2 atom stereocenters. The first-order valence-electron chi connectivity index (χ1n) is 20.0. The minimum atomic E-state index is -0.884. The van der Waals surface area contributed by atoms with Gasteiger partial charge in [0.05, 0.1) is 11.4 Å². The Morgan fingerprint density at radius 2 is 1.07 bits per heavy atom. The Balaban J connectivity index is 0.00000302. The second-order valence-electron chi connectivity index (χ2n) is 15.4. The highest BCUT2D eigenvalue weighted by atomic mass is 32.1. The van der Waals surface area contributed by atoms with E-state index in [2.05, 4.69) is 32.7 Å². The fourth-order valence-electron chi connectivity index (χ4n) is 8.81. The van der Waals surface area contributed by atoms with Crippen LogP contribution in [-0.2, 0) is 45.0 Å². The minimum absolute atomic E-state index is 0. The first-order valence-corrected chi connectivity index (χ1v) is 21.6. The predicted molar refractivity (Wildman–Crippen MR) is 241 cm³/mol. The molecule has 0 bridgehead atoms. The van der Waals surface area contributed by atoms with E-state index in [1.165, 1.54) is 22.7 Å². The molecule has 0 spiro atoms. The van der Waals surface area contributed by atoms with Gasteiger partial charge in [0.25, 0.3) is 11.8 Å². The number of carboxylic acids is 2. The second-order valence-corrected chi connectivity index (χ2v) is 17.5. The van der Waals surface area contributed by atoms with Gasteiger partial charge in [-0.3, -0.25) is 29.8 Å². The molecule has 6 heterocycles. The van der Waals surface area contributed by atoms with Gasteiger partial charge in [0.15, 0.2) is 10.0 Å². The van der Waals surface area contributed by atoms with Crippen molar-refractivity contribution < 1.29 is 38.9 Å². The van der Waals surface area contributed by atoms with E-state index in [9.17, 15) is 29.4 Å². The molecule has 0 radical (unpaired) electrons. The molecule has 18 heteroatoms. The molecule has 2 fully saturated rings. The topological polar surface area (TPSA) is 184 Å². The summed E-state index contributed by atoms with van der Waals surface area (Å²) >= 11 is 2.61. The van der Waals surface area contributed by atoms with Gasteiger partial charge in [-0.2, -0.15) is 27.0 Å². The second kappa shape index (κ2) is 19.9. The summed E-state index contributed by atoms with van der Waals surface area (Å²) in [6.07, 6.45) is 4.10. The molecule has 0 unspecified atom stereocenters. The number of carbonyl (C=O) groups excluding carboxylic acids is 2. The smallest absolute Gasteiger partial charge is 0.320 e. The van der Waals surface area contributed by atoms with E-state index < -0.39 is 24.0 Å². The highest BCUT2D eigenvalue weighted by Gasteiger charge is 2.35. The molecule has 8 rings (SSSR count). The number of hydrogen-bond acceptors (Lipinski definition) is 12. The molecule has 60 heavy (non-hydrogen) atoms. The zero-order chi connectivity index (χ0) is 40.5. The Kier molecular flexibility index (Phi) is 15.1. The lowest BCUT2D eigenvalue weighted by atomic mass is 9.92. The number of benzene rings is 2. The van der Waals surface area contributed by atoms with Crippen LogP contribution in [0.1, 0.15) is 77.6 Å². The van der Waals surface area contributed by atoms with Crippen molar-refractivity contribution in [2.75, 3.05) is 49.3 Å². The standard InChI is InChI=1S/C42H48N6O8S2.2H2S/c1-23-33(21-43-35(41(51)52)25-11-17-55-18-12-25)57-37(45-23)39(49)47-15-9-29-27(5-3-7-31(29)47)28-6-4-8-32-30(28)10-16-48(32)40(50)38-46-24(2)34(58-38)22-44-36(42(53)54)26-13-19-56-20-14-26;;/h3-8,25-26,35-36,43-44H,9-22H2,1-2H3,(H,51,52)(H,53,54);2*1H2/t35-,36-;;/m0../s1. The van der Waals surface area contributed by atoms with E-state index in [0.717, 1.165) is 43.4 Å². The number of ether oxygens (including phenoxy) is 2. The van der Waals surface area contributed by atoms with Crippen LogP contribution in [0.4, 0.5) is 11.4 Å². The summed E-state index contributed by atoms with van der Waals surface area (Å²) in [6.45, 7) is 7.58. The maximum Gasteiger partial charge on any atom is 0.320 e. The highest BCUT2D eigenvalue weighted by molar-refractivity contribution is 7.59. The average Bonchev–Trinajstić information content (AvgIpc) is 4.03. The van der Waals surface area contributed by atoms with Crippen molar-refractivity contribution in [2.24, 2.45) is 11.8 Å². The largest absolute Gasteiger partial charge is 0.480 e. The molecule has 14 nitrogen and oxygen atoms in total. The number of fused-ring (bicyclic) bond motifs is 2. The minimum Gasteiger partial charge on any atom is -0.480 e. The molecule has 4 aromatic rings. The molecule has 2 saturated heterocycles. The summed E-state index contributed by atoms with van der Waals surface area (Å²) in [5.74, 6) is -2.16. The van der Waals surface area contributed by atoms with Crippen molar-refractivity contribution in [3.05, 3.63) is 78.7 Å². The Morgan fingerprint density at radius 3 is 1.43 bits per heavy atom. The molecular formula is C42H52N6O8S4. The summed E-state index contributed by atoms with van der Waals surface area (Å²) in [6, 6.07) is 10.6. The summed E-state index contributed by atoms with van der Waals surface area (Å²) in [7, 11) is 0. The van der Waals surface area contributed by atoms with Crippen LogP contribution in [-0.4, -0.2) is 95.5 Å². The van der Waals surface area contributed by atoms with E-state index >= 15 is 0 Å². The highest BCUT2D eigenvalue weighted by Crippen LogP contribution is 2.43. The Labute approximate surface area is 371 Å². The zero-order valence-corrected chi connectivity index (χ0v) is 37.3. The van der Waals surface area contributed by atoms with Crippen molar-refractivity contribution >= 4 is 84.8 Å². The third-order valence-corrected chi connectivity index (χ3v) is 14.2. The van der Waals surface area contributed by atoms with E-state index in [4.69, 9.17) is 9.47 Å². The molecule has 4 aliphatic rings. The molecule has 322 valence electrons. The molecule has 2 amide bonds. The number of hydrogen-bond donors (Lipinski definition) is 4. The van der Waals surface area contributed by atoms with Crippen molar-refractivity contribution in [1.29, 1.82) is 0 Å². The number of thiazole rings is 2. The fraction of sp³-hybridized carbons (Fsp3) is 0.476. The lowest BCUT2D eigenvalue weighted by Crippen LogP contribution is -2.44. The van der Waals surface area contributed by atoms with Crippen LogP contribution in [0.3, 0.4) is 0 Å². The van der Waals surface area contributed by atoms with Crippen LogP contribution in [0, 0.1) is 25.7 Å². The molecular weight excluding hydrogens is 845 g/mol. The van der Waals surface area contributed by atoms with E-state index in [1.54, 1.807) is 9.80 Å².